The molecule has 0 N–H and O–H groups in total. The summed E-state index contributed by atoms with van der Waals surface area (Å²) in [6.07, 6.45) is 9.77. The van der Waals surface area contributed by atoms with Crippen LogP contribution >= 0.6 is 0 Å². The molecule has 0 aliphatic carbocycles. The first-order valence-corrected chi connectivity index (χ1v) is 12.5. The minimum atomic E-state index is 0.173. The molecule has 0 unspecified atom stereocenters. The smallest absolute Gasteiger partial charge is 0.240 e. The van der Waals surface area contributed by atoms with Gasteiger partial charge in [-0.25, -0.2) is 0 Å². The molecule has 4 rings (SSSR count). The molecule has 0 radical (unpaired) electrons. The van der Waals surface area contributed by atoms with Crippen molar-refractivity contribution in [3.63, 3.8) is 0 Å². The Balaban J connectivity index is 1.32. The zero-order valence-electron chi connectivity index (χ0n) is 19.4. The Bertz CT molecular complexity index is 693. The minimum Gasteiger partial charge on any atom is -0.381 e. The van der Waals surface area contributed by atoms with E-state index in [2.05, 4.69) is 33.8 Å². The highest BCUT2D eigenvalue weighted by Gasteiger charge is 2.36. The number of carbonyl (C=O) groups excluding carboxylic acids is 1. The summed E-state index contributed by atoms with van der Waals surface area (Å²) in [5.74, 6) is 3.28. The zero-order valence-corrected chi connectivity index (χ0v) is 19.4. The third kappa shape index (κ3) is 6.07. The Labute approximate surface area is 186 Å². The Hall–Kier alpha value is -1.47. The van der Waals surface area contributed by atoms with Crippen molar-refractivity contribution in [1.29, 1.82) is 0 Å². The van der Waals surface area contributed by atoms with E-state index in [1.54, 1.807) is 0 Å². The fraction of sp³-hybridized carbons (Fsp3) is 0.875. The van der Waals surface area contributed by atoms with E-state index < -0.39 is 0 Å². The van der Waals surface area contributed by atoms with Gasteiger partial charge in [0, 0.05) is 38.1 Å². The maximum atomic E-state index is 13.4. The second-order valence-corrected chi connectivity index (χ2v) is 10.2. The molecule has 3 saturated heterocycles. The van der Waals surface area contributed by atoms with Crippen molar-refractivity contribution in [3.05, 3.63) is 11.7 Å². The summed E-state index contributed by atoms with van der Waals surface area (Å²) < 4.78 is 11.0. The van der Waals surface area contributed by atoms with E-state index in [1.165, 1.54) is 19.3 Å². The molecule has 1 aromatic heterocycles. The molecule has 4 heterocycles. The third-order valence-corrected chi connectivity index (χ3v) is 7.29. The Morgan fingerprint density at radius 3 is 2.55 bits per heavy atom. The monoisotopic (exact) mass is 432 g/mol. The number of ether oxygens (including phenoxy) is 1. The molecular weight excluding hydrogens is 392 g/mol. The molecule has 174 valence electrons. The second-order valence-electron chi connectivity index (χ2n) is 10.2. The molecule has 0 spiro atoms. The Kier molecular flexibility index (Phi) is 7.99. The van der Waals surface area contributed by atoms with Gasteiger partial charge in [-0.05, 0) is 63.5 Å². The van der Waals surface area contributed by atoms with Crippen molar-refractivity contribution in [2.24, 2.45) is 17.8 Å². The normalized spacial score (nSPS) is 25.1. The molecule has 0 saturated carbocycles. The summed E-state index contributed by atoms with van der Waals surface area (Å²) in [5, 5.41) is 4.13. The maximum Gasteiger partial charge on any atom is 0.240 e. The number of hydrogen-bond donors (Lipinski definition) is 0. The summed E-state index contributed by atoms with van der Waals surface area (Å²) in [6, 6.07) is 0.418. The number of likely N-dealkylation sites (tertiary alicyclic amines) is 2. The van der Waals surface area contributed by atoms with Crippen LogP contribution in [0.2, 0.25) is 0 Å². The SMILES string of the molecule is CC(C)Cc1noc(CN2CCC([C@@H]3CCCCCN3C(=O)C3CCOCC3)CC2)n1. The van der Waals surface area contributed by atoms with Gasteiger partial charge < -0.3 is 14.2 Å². The van der Waals surface area contributed by atoms with Crippen LogP contribution in [0.3, 0.4) is 0 Å². The highest BCUT2D eigenvalue weighted by molar-refractivity contribution is 5.79. The lowest BCUT2D eigenvalue weighted by molar-refractivity contribution is -0.142. The van der Waals surface area contributed by atoms with Crippen LogP contribution in [0.15, 0.2) is 4.52 Å². The molecule has 1 aromatic rings. The van der Waals surface area contributed by atoms with Gasteiger partial charge in [0.1, 0.15) is 0 Å². The fourth-order valence-electron chi connectivity index (χ4n) is 5.57. The van der Waals surface area contributed by atoms with E-state index in [-0.39, 0.29) is 5.92 Å². The number of nitrogens with zero attached hydrogens (tertiary/aromatic N) is 4. The van der Waals surface area contributed by atoms with Crippen molar-refractivity contribution in [3.8, 4) is 0 Å². The number of hydrogen-bond acceptors (Lipinski definition) is 6. The molecule has 31 heavy (non-hydrogen) atoms. The molecule has 1 amide bonds. The lowest BCUT2D eigenvalue weighted by Gasteiger charge is -2.42. The van der Waals surface area contributed by atoms with Crippen LogP contribution in [0, 0.1) is 17.8 Å². The maximum absolute atomic E-state index is 13.4. The lowest BCUT2D eigenvalue weighted by atomic mass is 9.85. The number of piperidine rings is 1. The number of rotatable bonds is 6. The van der Waals surface area contributed by atoms with E-state index in [0.29, 0.717) is 23.8 Å². The van der Waals surface area contributed by atoms with Crippen molar-refractivity contribution < 1.29 is 14.1 Å². The van der Waals surface area contributed by atoms with Gasteiger partial charge in [-0.2, -0.15) is 4.98 Å². The topological polar surface area (TPSA) is 71.7 Å². The first-order valence-electron chi connectivity index (χ1n) is 12.5. The van der Waals surface area contributed by atoms with Crippen LogP contribution < -0.4 is 0 Å². The predicted molar refractivity (Wildman–Crippen MR) is 118 cm³/mol. The van der Waals surface area contributed by atoms with Gasteiger partial charge in [0.05, 0.1) is 6.54 Å². The van der Waals surface area contributed by atoms with Gasteiger partial charge in [0.15, 0.2) is 5.82 Å². The molecule has 7 nitrogen and oxygen atoms in total. The third-order valence-electron chi connectivity index (χ3n) is 7.29. The number of aromatic nitrogens is 2. The molecule has 0 aromatic carbocycles. The predicted octanol–water partition coefficient (Wildman–Crippen LogP) is 3.68. The Morgan fingerprint density at radius 2 is 1.81 bits per heavy atom. The highest BCUT2D eigenvalue weighted by Crippen LogP contribution is 2.32. The highest BCUT2D eigenvalue weighted by atomic mass is 16.5. The van der Waals surface area contributed by atoms with Gasteiger partial charge in [-0.3, -0.25) is 9.69 Å². The van der Waals surface area contributed by atoms with E-state index in [9.17, 15) is 4.79 Å². The van der Waals surface area contributed by atoms with Crippen LogP contribution in [-0.4, -0.2) is 64.7 Å². The van der Waals surface area contributed by atoms with Crippen molar-refractivity contribution in [2.45, 2.75) is 84.2 Å². The second kappa shape index (κ2) is 10.9. The number of carbonyl (C=O) groups is 1. The van der Waals surface area contributed by atoms with Crippen LogP contribution in [0.4, 0.5) is 0 Å². The first-order chi connectivity index (χ1) is 15.1. The molecule has 1 atom stereocenters. The zero-order chi connectivity index (χ0) is 21.6. The standard InChI is InChI=1S/C24H40N4O3/c1-18(2)16-22-25-23(31-26-22)17-27-12-7-19(8-13-27)21-6-4-3-5-11-28(21)24(29)20-9-14-30-15-10-20/h18-21H,3-17H2,1-2H3/t21-/m0/s1. The summed E-state index contributed by atoms with van der Waals surface area (Å²) in [7, 11) is 0. The van der Waals surface area contributed by atoms with Crippen molar-refractivity contribution in [1.82, 2.24) is 19.9 Å². The van der Waals surface area contributed by atoms with Gasteiger partial charge >= 0.3 is 0 Å². The van der Waals surface area contributed by atoms with Gasteiger partial charge in [0.2, 0.25) is 11.8 Å². The summed E-state index contributed by atoms with van der Waals surface area (Å²) >= 11 is 0. The van der Waals surface area contributed by atoms with E-state index in [0.717, 1.165) is 89.6 Å². The van der Waals surface area contributed by atoms with Gasteiger partial charge in [-0.1, -0.05) is 31.8 Å². The largest absolute Gasteiger partial charge is 0.381 e. The molecule has 3 aliphatic heterocycles. The molecule has 3 aliphatic rings. The van der Waals surface area contributed by atoms with E-state index in [1.807, 2.05) is 0 Å². The average Bonchev–Trinajstić information content (AvgIpc) is 3.06. The fourth-order valence-corrected chi connectivity index (χ4v) is 5.57. The first kappa shape index (κ1) is 22.7. The summed E-state index contributed by atoms with van der Waals surface area (Å²) in [5.41, 5.74) is 0. The number of amides is 1. The molecular formula is C24H40N4O3. The van der Waals surface area contributed by atoms with E-state index >= 15 is 0 Å². The minimum absolute atomic E-state index is 0.173. The summed E-state index contributed by atoms with van der Waals surface area (Å²) in [6.45, 7) is 9.60. The average molecular weight is 433 g/mol. The van der Waals surface area contributed by atoms with Gasteiger partial charge in [0.25, 0.3) is 0 Å². The molecule has 0 bridgehead atoms. The molecule has 3 fully saturated rings. The van der Waals surface area contributed by atoms with Crippen LogP contribution in [-0.2, 0) is 22.5 Å². The van der Waals surface area contributed by atoms with Crippen molar-refractivity contribution >= 4 is 5.91 Å². The summed E-state index contributed by atoms with van der Waals surface area (Å²) in [4.78, 5) is 22.7. The quantitative estimate of drug-likeness (QED) is 0.683. The van der Waals surface area contributed by atoms with E-state index in [4.69, 9.17) is 9.26 Å². The van der Waals surface area contributed by atoms with Gasteiger partial charge in [-0.15, -0.1) is 0 Å². The van der Waals surface area contributed by atoms with Crippen molar-refractivity contribution in [2.75, 3.05) is 32.8 Å². The molecule has 7 heteroatoms. The van der Waals surface area contributed by atoms with Crippen LogP contribution in [0.5, 0.6) is 0 Å². The van der Waals surface area contributed by atoms with Crippen LogP contribution in [0.1, 0.15) is 76.9 Å². The lowest BCUT2D eigenvalue weighted by Crippen LogP contribution is -2.50. The Morgan fingerprint density at radius 1 is 1.03 bits per heavy atom. The van der Waals surface area contributed by atoms with Crippen LogP contribution in [0.25, 0.3) is 0 Å².